The minimum Gasteiger partial charge on any atom is -0.480 e. The first-order valence-electron chi connectivity index (χ1n) is 8.70. The first kappa shape index (κ1) is 18.0. The third-order valence-corrected chi connectivity index (χ3v) is 5.37. The van der Waals surface area contributed by atoms with Crippen LogP contribution < -0.4 is 4.74 Å². The Labute approximate surface area is 155 Å². The lowest BCUT2D eigenvalue weighted by molar-refractivity contribution is -0.148. The Hall–Kier alpha value is -1.82. The normalized spacial score (nSPS) is 19.6. The molecule has 0 saturated heterocycles. The molecule has 0 radical (unpaired) electrons. The summed E-state index contributed by atoms with van der Waals surface area (Å²) in [6.07, 6.45) is 7.57. The molecule has 1 aromatic rings. The second-order valence-electron chi connectivity index (χ2n) is 6.73. The summed E-state index contributed by atoms with van der Waals surface area (Å²) in [6.45, 7) is 0.203. The number of nitrogens with zero attached hydrogens (tertiary/aromatic N) is 1. The lowest BCUT2D eigenvalue weighted by atomic mass is 9.84. The number of carbonyl (C=O) groups excluding carboxylic acids is 1. The number of rotatable bonds is 6. The lowest BCUT2D eigenvalue weighted by Gasteiger charge is -2.30. The van der Waals surface area contributed by atoms with Gasteiger partial charge in [0.15, 0.2) is 0 Å². The summed E-state index contributed by atoms with van der Waals surface area (Å²) in [7, 11) is 0. The van der Waals surface area contributed by atoms with E-state index in [9.17, 15) is 14.7 Å². The van der Waals surface area contributed by atoms with Gasteiger partial charge in [-0.2, -0.15) is 0 Å². The zero-order valence-corrected chi connectivity index (χ0v) is 15.6. The average molecular weight is 408 g/mol. The molecule has 1 heterocycles. The summed E-state index contributed by atoms with van der Waals surface area (Å²) in [5.41, 5.74) is 0. The minimum absolute atomic E-state index is 0.203. The van der Waals surface area contributed by atoms with Crippen LogP contribution in [-0.2, 0) is 9.59 Å². The van der Waals surface area contributed by atoms with Crippen molar-refractivity contribution in [1.82, 2.24) is 4.90 Å². The van der Waals surface area contributed by atoms with Gasteiger partial charge in [-0.05, 0) is 30.5 Å². The van der Waals surface area contributed by atoms with Gasteiger partial charge >= 0.3 is 5.97 Å². The SMILES string of the molecule is O=C(O)C(CC1CCCCC1)N1CC(Oc2cccc(Br)c2)=CC1=O. The first-order chi connectivity index (χ1) is 12.0. The number of carboxylic acid groups (broad SMARTS) is 1. The van der Waals surface area contributed by atoms with E-state index in [1.807, 2.05) is 18.2 Å². The molecule has 1 N–H and O–H groups in total. The van der Waals surface area contributed by atoms with Crippen LogP contribution in [0.3, 0.4) is 0 Å². The summed E-state index contributed by atoms with van der Waals surface area (Å²) in [5.74, 6) is 0.273. The van der Waals surface area contributed by atoms with Crippen LogP contribution in [0.1, 0.15) is 38.5 Å². The Morgan fingerprint density at radius 3 is 2.76 bits per heavy atom. The van der Waals surface area contributed by atoms with Crippen molar-refractivity contribution in [2.45, 2.75) is 44.6 Å². The molecule has 6 heteroatoms. The van der Waals surface area contributed by atoms with E-state index in [1.165, 1.54) is 17.4 Å². The zero-order chi connectivity index (χ0) is 17.8. The number of hydrogen-bond donors (Lipinski definition) is 1. The highest BCUT2D eigenvalue weighted by atomic mass is 79.9. The van der Waals surface area contributed by atoms with Gasteiger partial charge in [-0.15, -0.1) is 0 Å². The van der Waals surface area contributed by atoms with Crippen molar-refractivity contribution in [3.05, 3.63) is 40.6 Å². The second-order valence-corrected chi connectivity index (χ2v) is 7.65. The Morgan fingerprint density at radius 1 is 1.32 bits per heavy atom. The number of carbonyl (C=O) groups is 2. The number of benzene rings is 1. The van der Waals surface area contributed by atoms with Crippen molar-refractivity contribution in [3.63, 3.8) is 0 Å². The van der Waals surface area contributed by atoms with Crippen molar-refractivity contribution >= 4 is 27.8 Å². The summed E-state index contributed by atoms with van der Waals surface area (Å²) in [5, 5.41) is 9.63. The van der Waals surface area contributed by atoms with Gasteiger partial charge < -0.3 is 14.7 Å². The number of hydrogen-bond acceptors (Lipinski definition) is 3. The molecule has 0 bridgehead atoms. The maximum atomic E-state index is 12.3. The van der Waals surface area contributed by atoms with Gasteiger partial charge in [0, 0.05) is 10.5 Å². The van der Waals surface area contributed by atoms with Gasteiger partial charge in [-0.25, -0.2) is 4.79 Å². The van der Waals surface area contributed by atoms with Crippen LogP contribution in [0, 0.1) is 5.92 Å². The van der Waals surface area contributed by atoms with E-state index < -0.39 is 12.0 Å². The Bertz CT molecular complexity index is 682. The third-order valence-electron chi connectivity index (χ3n) is 4.88. The summed E-state index contributed by atoms with van der Waals surface area (Å²) >= 11 is 3.38. The molecule has 0 aromatic heterocycles. The molecule has 1 aromatic carbocycles. The fourth-order valence-corrected chi connectivity index (χ4v) is 4.00. The van der Waals surface area contributed by atoms with E-state index in [1.54, 1.807) is 6.07 Å². The van der Waals surface area contributed by atoms with Crippen LogP contribution in [0.2, 0.25) is 0 Å². The Kier molecular flexibility index (Phi) is 5.78. The molecule has 1 fully saturated rings. The van der Waals surface area contributed by atoms with E-state index in [0.717, 1.165) is 30.2 Å². The summed E-state index contributed by atoms with van der Waals surface area (Å²) < 4.78 is 6.63. The van der Waals surface area contributed by atoms with E-state index >= 15 is 0 Å². The molecule has 2 aliphatic rings. The van der Waals surface area contributed by atoms with Crippen LogP contribution in [0.15, 0.2) is 40.6 Å². The molecule has 3 rings (SSSR count). The largest absolute Gasteiger partial charge is 0.480 e. The van der Waals surface area contributed by atoms with Crippen molar-refractivity contribution in [2.75, 3.05) is 6.54 Å². The second kappa shape index (κ2) is 8.04. The first-order valence-corrected chi connectivity index (χ1v) is 9.49. The van der Waals surface area contributed by atoms with Crippen molar-refractivity contribution < 1.29 is 19.4 Å². The highest BCUT2D eigenvalue weighted by Crippen LogP contribution is 2.30. The fraction of sp³-hybridized carbons (Fsp3) is 0.474. The topological polar surface area (TPSA) is 66.8 Å². The van der Waals surface area contributed by atoms with Crippen LogP contribution in [0.25, 0.3) is 0 Å². The summed E-state index contributed by atoms with van der Waals surface area (Å²) in [4.78, 5) is 25.5. The average Bonchev–Trinajstić information content (AvgIpc) is 2.93. The molecule has 5 nitrogen and oxygen atoms in total. The molecule has 1 aliphatic carbocycles. The van der Waals surface area contributed by atoms with Gasteiger partial charge in [0.1, 0.15) is 17.6 Å². The molecule has 1 unspecified atom stereocenters. The van der Waals surface area contributed by atoms with Gasteiger partial charge in [0.05, 0.1) is 6.54 Å². The molecule has 0 spiro atoms. The summed E-state index contributed by atoms with van der Waals surface area (Å²) in [6, 6.07) is 6.56. The number of carboxylic acids is 1. The Morgan fingerprint density at radius 2 is 2.08 bits per heavy atom. The molecular formula is C19H22BrNO4. The van der Waals surface area contributed by atoms with E-state index in [2.05, 4.69) is 15.9 Å². The minimum atomic E-state index is -0.934. The predicted octanol–water partition coefficient (Wildman–Crippen LogP) is 3.98. The molecule has 1 saturated carbocycles. The van der Waals surface area contributed by atoms with Crippen molar-refractivity contribution in [1.29, 1.82) is 0 Å². The van der Waals surface area contributed by atoms with Gasteiger partial charge in [0.25, 0.3) is 5.91 Å². The van der Waals surface area contributed by atoms with Crippen LogP contribution in [0.4, 0.5) is 0 Å². The standard InChI is InChI=1S/C19H22BrNO4/c20-14-7-4-8-15(10-14)25-16-11-18(22)21(12-16)17(19(23)24)9-13-5-2-1-3-6-13/h4,7-8,10-11,13,17H,1-3,5-6,9,12H2,(H,23,24). The number of ether oxygens (including phenoxy) is 1. The van der Waals surface area contributed by atoms with Crippen LogP contribution >= 0.6 is 15.9 Å². The molecule has 1 atom stereocenters. The van der Waals surface area contributed by atoms with Gasteiger partial charge in [-0.3, -0.25) is 4.79 Å². The van der Waals surface area contributed by atoms with E-state index in [0.29, 0.717) is 23.8 Å². The highest BCUT2D eigenvalue weighted by Gasteiger charge is 2.36. The van der Waals surface area contributed by atoms with Gasteiger partial charge in [0.2, 0.25) is 0 Å². The number of aliphatic carboxylic acids is 1. The van der Waals surface area contributed by atoms with E-state index in [4.69, 9.17) is 4.74 Å². The maximum Gasteiger partial charge on any atom is 0.326 e. The Balaban J connectivity index is 1.65. The maximum absolute atomic E-state index is 12.3. The van der Waals surface area contributed by atoms with Crippen LogP contribution in [-0.4, -0.2) is 34.5 Å². The molecular weight excluding hydrogens is 386 g/mol. The monoisotopic (exact) mass is 407 g/mol. The number of halogens is 1. The number of amides is 1. The molecule has 1 amide bonds. The zero-order valence-electron chi connectivity index (χ0n) is 14.0. The smallest absolute Gasteiger partial charge is 0.326 e. The van der Waals surface area contributed by atoms with Crippen LogP contribution in [0.5, 0.6) is 5.75 Å². The quantitative estimate of drug-likeness (QED) is 0.774. The van der Waals surface area contributed by atoms with Crippen molar-refractivity contribution in [2.24, 2.45) is 5.92 Å². The molecule has 1 aliphatic heterocycles. The predicted molar refractivity (Wildman–Crippen MR) is 97.2 cm³/mol. The molecule has 134 valence electrons. The van der Waals surface area contributed by atoms with Gasteiger partial charge in [-0.1, -0.05) is 54.1 Å². The lowest BCUT2D eigenvalue weighted by Crippen LogP contribution is -2.44. The highest BCUT2D eigenvalue weighted by molar-refractivity contribution is 9.10. The molecule has 25 heavy (non-hydrogen) atoms. The van der Waals surface area contributed by atoms with E-state index in [-0.39, 0.29) is 12.5 Å². The fourth-order valence-electron chi connectivity index (χ4n) is 3.62. The third kappa shape index (κ3) is 4.63. The van der Waals surface area contributed by atoms with Crippen molar-refractivity contribution in [3.8, 4) is 5.75 Å².